The smallest absolute Gasteiger partial charge is 1.00 e. The molecule has 0 amide bonds. The molecule has 48 heavy (non-hydrogen) atoms. The van der Waals surface area contributed by atoms with Gasteiger partial charge < -0.3 is 63.9 Å². The Balaban J connectivity index is -0.0000000645. The minimum absolute atomic E-state index is 0. The number of aliphatic carboxylic acids is 2. The summed E-state index contributed by atoms with van der Waals surface area (Å²) in [5, 5.41) is 17.0. The minimum Gasteiger partial charge on any atom is -1.00 e. The van der Waals surface area contributed by atoms with Gasteiger partial charge in [0.15, 0.2) is 0 Å². The summed E-state index contributed by atoms with van der Waals surface area (Å²) in [6.45, 7) is 4.54. The molecule has 0 aliphatic rings. The number of halogens is 3. The average Bonchev–Trinajstić information content (AvgIpc) is 2.93. The predicted molar refractivity (Wildman–Crippen MR) is 180 cm³/mol. The van der Waals surface area contributed by atoms with Crippen molar-refractivity contribution in [3.05, 3.63) is 0 Å². The van der Waals surface area contributed by atoms with E-state index in [0.29, 0.717) is 12.8 Å². The van der Waals surface area contributed by atoms with E-state index in [4.69, 9.17) is 10.2 Å². The first-order valence-electron chi connectivity index (χ1n) is 18.0. The molecule has 0 heterocycles. The Morgan fingerprint density at radius 2 is 0.438 bits per heavy atom. The van der Waals surface area contributed by atoms with Gasteiger partial charge in [-0.3, -0.25) is 9.59 Å². The van der Waals surface area contributed by atoms with E-state index in [9.17, 15) is 9.59 Å². The maximum Gasteiger partial charge on any atom is 3.00 e. The van der Waals surface area contributed by atoms with Gasteiger partial charge in [-0.2, -0.15) is 0 Å². The molecule has 0 saturated heterocycles. The van der Waals surface area contributed by atoms with Crippen LogP contribution in [0.5, 0.6) is 0 Å². The van der Waals surface area contributed by atoms with Crippen LogP contribution in [0.4, 0.5) is 0 Å². The van der Waals surface area contributed by atoms with Crippen LogP contribution in [0.1, 0.15) is 219 Å². The third kappa shape index (κ3) is 81.0. The van der Waals surface area contributed by atoms with Crippen LogP contribution in [-0.2, 0) is 44.3 Å². The number of hydrogen-bond donors (Lipinski definition) is 2. The Morgan fingerprint density at radius 3 is 0.562 bits per heavy atom. The van der Waals surface area contributed by atoms with Crippen LogP contribution >= 0.6 is 0 Å². The van der Waals surface area contributed by atoms with E-state index in [1.807, 2.05) is 0 Å². The fraction of sp³-hybridized carbons (Fsp3) is 0.944. The first kappa shape index (κ1) is 74.0. The van der Waals surface area contributed by atoms with Crippen molar-refractivity contribution in [2.45, 2.75) is 219 Å². The minimum atomic E-state index is -0.653. The van der Waals surface area contributed by atoms with Crippen LogP contribution in [0.2, 0.25) is 0 Å². The van der Waals surface area contributed by atoms with E-state index in [2.05, 4.69) is 13.8 Å². The number of carboxylic acids is 2. The van der Waals surface area contributed by atoms with E-state index in [1.165, 1.54) is 167 Å². The summed E-state index contributed by atoms with van der Waals surface area (Å²) >= 11 is 0. The monoisotopic (exact) mass is 828 g/mol. The van der Waals surface area contributed by atoms with Crippen LogP contribution < -0.4 is 37.2 Å². The van der Waals surface area contributed by atoms with Crippen molar-refractivity contribution in [3.63, 3.8) is 0 Å². The van der Waals surface area contributed by atoms with Gasteiger partial charge in [0.2, 0.25) is 0 Å². The zero-order chi connectivity index (χ0) is 29.8. The van der Waals surface area contributed by atoms with E-state index in [1.54, 1.807) is 0 Å². The predicted octanol–water partition coefficient (Wildman–Crippen LogP) is 3.14. The third-order valence-corrected chi connectivity index (χ3v) is 7.99. The van der Waals surface area contributed by atoms with Crippen LogP contribution in [0.15, 0.2) is 0 Å². The zero-order valence-electron chi connectivity index (χ0n) is 30.6. The summed E-state index contributed by atoms with van der Waals surface area (Å²) in [6, 6.07) is 0. The van der Waals surface area contributed by atoms with Gasteiger partial charge in [-0.25, -0.2) is 0 Å². The molecule has 294 valence electrons. The quantitative estimate of drug-likeness (QED) is 0.0985. The maximum atomic E-state index is 10.3. The molecule has 0 fully saturated rings. The SMILES string of the molecule is CCCCCCCCCCCCCCCCCC(=O)O.CCCCCCCCCCCCCCCCCC(=O)O.[Cl-].[Cl-].[Cl-].[Cr+3].[Cr+3].[OH-].[OH-].[OH-]. The largest absolute Gasteiger partial charge is 3.00 e. The molecule has 0 bridgehead atoms. The number of carbonyl (C=O) groups is 2. The van der Waals surface area contributed by atoms with Crippen molar-refractivity contribution in [2.24, 2.45) is 0 Å². The molecule has 0 aliphatic carbocycles. The van der Waals surface area contributed by atoms with Crippen LogP contribution in [0.25, 0.3) is 0 Å². The van der Waals surface area contributed by atoms with Crippen molar-refractivity contribution in [1.82, 2.24) is 0 Å². The van der Waals surface area contributed by atoms with E-state index in [-0.39, 0.29) is 88.4 Å². The molecule has 0 aromatic heterocycles. The second-order valence-corrected chi connectivity index (χ2v) is 12.2. The zero-order valence-corrected chi connectivity index (χ0v) is 35.4. The normalized spacial score (nSPS) is 9.04. The van der Waals surface area contributed by atoms with Gasteiger partial charge in [-0.15, -0.1) is 0 Å². The van der Waals surface area contributed by atoms with E-state index < -0.39 is 11.9 Å². The maximum absolute atomic E-state index is 10.3. The Bertz CT molecular complexity index is 484. The molecule has 7 nitrogen and oxygen atoms in total. The average molecular weight is 830 g/mol. The second-order valence-electron chi connectivity index (χ2n) is 12.2. The topological polar surface area (TPSA) is 165 Å². The van der Waals surface area contributed by atoms with E-state index in [0.717, 1.165) is 25.7 Å². The van der Waals surface area contributed by atoms with Gasteiger partial charge >= 0.3 is 46.7 Å². The van der Waals surface area contributed by atoms with E-state index >= 15 is 0 Å². The fourth-order valence-corrected chi connectivity index (χ4v) is 5.30. The molecule has 0 rings (SSSR count). The molecular weight excluding hydrogens is 755 g/mol. The van der Waals surface area contributed by atoms with Gasteiger partial charge in [0.25, 0.3) is 0 Å². The number of hydrogen-bond acceptors (Lipinski definition) is 5. The molecule has 5 N–H and O–H groups in total. The number of carboxylic acid groups (broad SMARTS) is 2. The molecule has 0 saturated carbocycles. The van der Waals surface area contributed by atoms with Crippen molar-refractivity contribution in [3.8, 4) is 0 Å². The third-order valence-electron chi connectivity index (χ3n) is 7.99. The number of unbranched alkanes of at least 4 members (excludes halogenated alkanes) is 28. The first-order chi connectivity index (χ1) is 19.5. The molecule has 12 heteroatoms. The van der Waals surface area contributed by atoms with Crippen molar-refractivity contribution < 1.29 is 108 Å². The molecule has 0 aromatic carbocycles. The summed E-state index contributed by atoms with van der Waals surface area (Å²) in [6.07, 6.45) is 40.4. The summed E-state index contributed by atoms with van der Waals surface area (Å²) in [5.41, 5.74) is 0. The van der Waals surface area contributed by atoms with Crippen molar-refractivity contribution in [1.29, 1.82) is 0 Å². The van der Waals surface area contributed by atoms with Crippen LogP contribution in [0.3, 0.4) is 0 Å². The molecule has 0 spiro atoms. The van der Waals surface area contributed by atoms with Crippen molar-refractivity contribution >= 4 is 11.9 Å². The van der Waals surface area contributed by atoms with Gasteiger partial charge in [0, 0.05) is 12.8 Å². The van der Waals surface area contributed by atoms with Gasteiger partial charge in [-0.05, 0) is 12.8 Å². The molecule has 0 atom stereocenters. The molecule has 0 aliphatic heterocycles. The van der Waals surface area contributed by atoms with Gasteiger partial charge in [0.1, 0.15) is 0 Å². The molecule has 0 unspecified atom stereocenters. The summed E-state index contributed by atoms with van der Waals surface area (Å²) in [7, 11) is 0. The number of rotatable bonds is 32. The molecular formula is C36H75Cl3Cr2O7. The summed E-state index contributed by atoms with van der Waals surface area (Å²) in [5.74, 6) is -1.31. The van der Waals surface area contributed by atoms with Crippen LogP contribution in [-0.4, -0.2) is 38.6 Å². The summed E-state index contributed by atoms with van der Waals surface area (Å²) < 4.78 is 0. The van der Waals surface area contributed by atoms with Crippen LogP contribution in [0, 0.1) is 0 Å². The van der Waals surface area contributed by atoms with Gasteiger partial charge in [-0.1, -0.05) is 194 Å². The Hall–Kier alpha value is 0.755. The molecule has 0 aromatic rings. The molecule has 2 radical (unpaired) electrons. The Kier molecular flexibility index (Phi) is 107. The first-order valence-corrected chi connectivity index (χ1v) is 18.0. The standard InChI is InChI=1S/2C18H36O2.3ClH.2Cr.3H2O/c2*1-2-3-4-5-6-7-8-9-10-11-12-13-14-15-16-17-18(19)20;;;;;;;;/h2*2-17H2,1H3,(H,19,20);3*1H;;;3*1H2/q;;;;;2*+3;;;/p-6. The Labute approximate surface area is 337 Å². The Morgan fingerprint density at radius 1 is 0.312 bits per heavy atom. The van der Waals surface area contributed by atoms with Crippen molar-refractivity contribution in [2.75, 3.05) is 0 Å². The second kappa shape index (κ2) is 69.5. The summed E-state index contributed by atoms with van der Waals surface area (Å²) in [4.78, 5) is 20.7. The fourth-order valence-electron chi connectivity index (χ4n) is 5.30. The van der Waals surface area contributed by atoms with Gasteiger partial charge in [0.05, 0.1) is 0 Å².